The highest BCUT2D eigenvalue weighted by molar-refractivity contribution is 6.39. The van der Waals surface area contributed by atoms with Gasteiger partial charge in [-0.25, -0.2) is 0 Å². The van der Waals surface area contributed by atoms with E-state index in [2.05, 4.69) is 0 Å². The third kappa shape index (κ3) is 1.17. The molecule has 0 spiro atoms. The molecule has 0 fully saturated rings. The molecule has 0 radical (unpaired) electrons. The monoisotopic (exact) mass is 150 g/mol. The van der Waals surface area contributed by atoms with Crippen LogP contribution in [0.1, 0.15) is 0 Å². The maximum absolute atomic E-state index is 5.50. The molecule has 3 heteroatoms. The second-order valence-corrected chi connectivity index (χ2v) is 2.09. The summed E-state index contributed by atoms with van der Waals surface area (Å²) in [6, 6.07) is 0. The fourth-order valence-electron chi connectivity index (χ4n) is 0.407. The van der Waals surface area contributed by atoms with Crippen molar-refractivity contribution in [3.63, 3.8) is 0 Å². The Hall–Kier alpha value is -0.140. The molecule has 8 heavy (non-hydrogen) atoms. The van der Waals surface area contributed by atoms with Crippen LogP contribution in [0.2, 0.25) is 0 Å². The van der Waals surface area contributed by atoms with Crippen molar-refractivity contribution in [2.75, 3.05) is 6.61 Å². The first-order valence-electron chi connectivity index (χ1n) is 2.15. The van der Waals surface area contributed by atoms with Crippen molar-refractivity contribution in [3.05, 3.63) is 22.4 Å². The van der Waals surface area contributed by atoms with Crippen LogP contribution in [0.25, 0.3) is 0 Å². The molecule has 0 saturated heterocycles. The molecule has 0 unspecified atom stereocenters. The van der Waals surface area contributed by atoms with Crippen molar-refractivity contribution in [2.24, 2.45) is 0 Å². The molecule has 0 saturated carbocycles. The van der Waals surface area contributed by atoms with Crippen LogP contribution >= 0.6 is 23.2 Å². The van der Waals surface area contributed by atoms with Gasteiger partial charge in [-0.1, -0.05) is 11.6 Å². The number of halogens is 2. The largest absolute Gasteiger partial charge is 0.478 e. The maximum Gasteiger partial charge on any atom is 0.206 e. The van der Waals surface area contributed by atoms with Crippen LogP contribution in [0.5, 0.6) is 0 Å². The van der Waals surface area contributed by atoms with E-state index in [1.165, 1.54) is 0 Å². The Labute approximate surface area is 57.5 Å². The SMILES string of the molecule is ClC1=C(Cl)OCC=C1. The van der Waals surface area contributed by atoms with Gasteiger partial charge in [0.15, 0.2) is 0 Å². The Balaban J connectivity index is 2.76. The van der Waals surface area contributed by atoms with E-state index in [1.54, 1.807) is 12.2 Å². The van der Waals surface area contributed by atoms with Crippen LogP contribution in [0.15, 0.2) is 22.4 Å². The predicted molar refractivity (Wildman–Crippen MR) is 33.8 cm³/mol. The number of rotatable bonds is 0. The lowest BCUT2D eigenvalue weighted by Gasteiger charge is -2.05. The minimum atomic E-state index is 0.286. The molecule has 0 N–H and O–H groups in total. The highest BCUT2D eigenvalue weighted by Crippen LogP contribution is 2.19. The highest BCUT2D eigenvalue weighted by atomic mass is 35.5. The van der Waals surface area contributed by atoms with Crippen LogP contribution in [0.4, 0.5) is 0 Å². The van der Waals surface area contributed by atoms with Gasteiger partial charge in [0.05, 0.1) is 5.03 Å². The molecule has 0 bridgehead atoms. The van der Waals surface area contributed by atoms with Crippen molar-refractivity contribution in [1.82, 2.24) is 0 Å². The smallest absolute Gasteiger partial charge is 0.206 e. The molecule has 0 amide bonds. The Morgan fingerprint density at radius 1 is 1.50 bits per heavy atom. The summed E-state index contributed by atoms with van der Waals surface area (Å²) in [5, 5.41) is 0.757. The zero-order valence-corrected chi connectivity index (χ0v) is 5.54. The van der Waals surface area contributed by atoms with E-state index >= 15 is 0 Å². The predicted octanol–water partition coefficient (Wildman–Crippen LogP) is 2.22. The van der Waals surface area contributed by atoms with Crippen LogP contribution < -0.4 is 0 Å². The van der Waals surface area contributed by atoms with Gasteiger partial charge in [-0.15, -0.1) is 0 Å². The third-order valence-corrected chi connectivity index (χ3v) is 1.47. The zero-order chi connectivity index (χ0) is 5.98. The average molecular weight is 151 g/mol. The van der Waals surface area contributed by atoms with Crippen molar-refractivity contribution in [2.45, 2.75) is 0 Å². The Morgan fingerprint density at radius 3 is 2.62 bits per heavy atom. The number of hydrogen-bond donors (Lipinski definition) is 0. The average Bonchev–Trinajstić information content (AvgIpc) is 1.77. The molecule has 0 atom stereocenters. The quantitative estimate of drug-likeness (QED) is 0.515. The molecule has 0 aliphatic carbocycles. The standard InChI is InChI=1S/C5H4Cl2O/c6-4-2-1-3-8-5(4)7/h1-2H,3H2. The lowest BCUT2D eigenvalue weighted by atomic mass is 10.4. The van der Waals surface area contributed by atoms with Crippen LogP contribution in [-0.4, -0.2) is 6.61 Å². The second-order valence-electron chi connectivity index (χ2n) is 1.34. The summed E-state index contributed by atoms with van der Waals surface area (Å²) in [7, 11) is 0. The third-order valence-electron chi connectivity index (χ3n) is 0.758. The number of hydrogen-bond acceptors (Lipinski definition) is 1. The first-order valence-corrected chi connectivity index (χ1v) is 2.91. The Bertz CT molecular complexity index is 149. The summed E-state index contributed by atoms with van der Waals surface area (Å²) < 4.78 is 4.82. The minimum absolute atomic E-state index is 0.286. The van der Waals surface area contributed by atoms with E-state index in [-0.39, 0.29) is 5.22 Å². The highest BCUT2D eigenvalue weighted by Gasteiger charge is 2.01. The molecule has 1 heterocycles. The lowest BCUT2D eigenvalue weighted by molar-refractivity contribution is 0.269. The van der Waals surface area contributed by atoms with Gasteiger partial charge in [0.2, 0.25) is 5.22 Å². The summed E-state index contributed by atoms with van der Waals surface area (Å²) in [4.78, 5) is 0. The van der Waals surface area contributed by atoms with Crippen molar-refractivity contribution >= 4 is 23.2 Å². The molecular formula is C5H4Cl2O. The van der Waals surface area contributed by atoms with Gasteiger partial charge in [0, 0.05) is 0 Å². The minimum Gasteiger partial charge on any atom is -0.478 e. The Kier molecular flexibility index (Phi) is 1.81. The lowest BCUT2D eigenvalue weighted by Crippen LogP contribution is -1.92. The molecule has 44 valence electrons. The first kappa shape index (κ1) is 5.99. The van der Waals surface area contributed by atoms with E-state index in [0.29, 0.717) is 11.6 Å². The van der Waals surface area contributed by atoms with Gasteiger partial charge in [-0.2, -0.15) is 0 Å². The van der Waals surface area contributed by atoms with E-state index < -0.39 is 0 Å². The second kappa shape index (κ2) is 2.42. The molecular weight excluding hydrogens is 147 g/mol. The number of allylic oxidation sites excluding steroid dienone is 2. The molecule has 1 rings (SSSR count). The maximum atomic E-state index is 5.50. The molecule has 0 aromatic rings. The fraction of sp³-hybridized carbons (Fsp3) is 0.200. The van der Waals surface area contributed by atoms with Crippen molar-refractivity contribution in [3.8, 4) is 0 Å². The van der Waals surface area contributed by atoms with Crippen molar-refractivity contribution < 1.29 is 4.74 Å². The summed E-state index contributed by atoms with van der Waals surface area (Å²) in [6.45, 7) is 0.523. The van der Waals surface area contributed by atoms with Gasteiger partial charge in [-0.05, 0) is 23.8 Å². The van der Waals surface area contributed by atoms with Crippen LogP contribution in [0, 0.1) is 0 Å². The fourth-order valence-corrected chi connectivity index (χ4v) is 0.677. The molecule has 1 aliphatic rings. The summed E-state index contributed by atoms with van der Waals surface area (Å²) >= 11 is 10.9. The van der Waals surface area contributed by atoms with Gasteiger partial charge in [0.25, 0.3) is 0 Å². The van der Waals surface area contributed by atoms with E-state index in [0.717, 1.165) is 0 Å². The van der Waals surface area contributed by atoms with Crippen LogP contribution in [0.3, 0.4) is 0 Å². The zero-order valence-electron chi connectivity index (χ0n) is 4.03. The van der Waals surface area contributed by atoms with Gasteiger partial charge in [-0.3, -0.25) is 0 Å². The van der Waals surface area contributed by atoms with E-state index in [1.807, 2.05) is 0 Å². The Morgan fingerprint density at radius 2 is 2.25 bits per heavy atom. The van der Waals surface area contributed by atoms with Crippen molar-refractivity contribution in [1.29, 1.82) is 0 Å². The topological polar surface area (TPSA) is 9.23 Å². The summed E-state index contributed by atoms with van der Waals surface area (Å²) in [5.41, 5.74) is 0. The van der Waals surface area contributed by atoms with E-state index in [4.69, 9.17) is 27.9 Å². The first-order chi connectivity index (χ1) is 3.80. The molecule has 1 aliphatic heterocycles. The molecule has 0 aromatic heterocycles. The van der Waals surface area contributed by atoms with Gasteiger partial charge >= 0.3 is 0 Å². The van der Waals surface area contributed by atoms with Gasteiger partial charge in [0.1, 0.15) is 6.61 Å². The van der Waals surface area contributed by atoms with Gasteiger partial charge < -0.3 is 4.74 Å². The van der Waals surface area contributed by atoms with E-state index in [9.17, 15) is 0 Å². The molecule has 0 aromatic carbocycles. The van der Waals surface area contributed by atoms with Crippen LogP contribution in [-0.2, 0) is 4.74 Å². The number of ether oxygens (including phenoxy) is 1. The normalized spacial score (nSPS) is 18.8. The summed E-state index contributed by atoms with van der Waals surface area (Å²) in [5.74, 6) is 0. The summed E-state index contributed by atoms with van der Waals surface area (Å²) in [6.07, 6.45) is 3.52. The molecule has 1 nitrogen and oxygen atoms in total.